The van der Waals surface area contributed by atoms with Crippen LogP contribution >= 0.6 is 0 Å². The lowest BCUT2D eigenvalue weighted by Crippen LogP contribution is -2.57. The van der Waals surface area contributed by atoms with Gasteiger partial charge in [0, 0.05) is 0 Å². The van der Waals surface area contributed by atoms with Gasteiger partial charge in [-0.1, -0.05) is 24.3 Å². The van der Waals surface area contributed by atoms with E-state index in [0.29, 0.717) is 6.42 Å². The first-order valence-electron chi connectivity index (χ1n) is 6.75. The number of nitrogens with zero attached hydrogens (tertiary/aromatic N) is 2. The molecule has 1 aliphatic heterocycles. The van der Waals surface area contributed by atoms with Crippen LogP contribution in [0.15, 0.2) is 36.0 Å². The van der Waals surface area contributed by atoms with Crippen molar-refractivity contribution in [1.29, 1.82) is 5.26 Å². The molecule has 0 unspecified atom stereocenters. The average Bonchev–Trinajstić information content (AvgIpc) is 2.49. The van der Waals surface area contributed by atoms with Gasteiger partial charge in [0.1, 0.15) is 0 Å². The highest BCUT2D eigenvalue weighted by atomic mass is 28.4. The van der Waals surface area contributed by atoms with Crippen molar-refractivity contribution >= 4 is 26.8 Å². The fourth-order valence-corrected chi connectivity index (χ4v) is 15.5. The van der Waals surface area contributed by atoms with E-state index in [1.54, 1.807) is 10.4 Å². The molecule has 19 heavy (non-hydrogen) atoms. The van der Waals surface area contributed by atoms with Crippen LogP contribution in [0.25, 0.3) is 0 Å². The molecule has 1 aromatic carbocycles. The van der Waals surface area contributed by atoms with Gasteiger partial charge in [-0.3, -0.25) is 0 Å². The zero-order chi connectivity index (χ0) is 14.3. The van der Waals surface area contributed by atoms with Crippen LogP contribution in [0.4, 0.5) is 0 Å². The second-order valence-corrected chi connectivity index (χ2v) is 15.1. The lowest BCUT2D eigenvalue weighted by molar-refractivity contribution is 0.842. The highest BCUT2D eigenvalue weighted by Gasteiger charge is 2.50. The number of rotatable bonds is 2. The Labute approximate surface area is 118 Å². The number of hydrogen-bond acceptors (Lipinski definition) is 2. The number of nitriles is 1. The molecule has 0 aromatic heterocycles. The first kappa shape index (κ1) is 14.1. The lowest BCUT2D eigenvalue weighted by Gasteiger charge is -2.39. The van der Waals surface area contributed by atoms with E-state index in [4.69, 9.17) is 5.26 Å². The van der Waals surface area contributed by atoms with Crippen molar-refractivity contribution in [3.63, 3.8) is 0 Å². The zero-order valence-electron chi connectivity index (χ0n) is 12.5. The third-order valence-electron chi connectivity index (χ3n) is 4.16. The van der Waals surface area contributed by atoms with Crippen molar-refractivity contribution < 1.29 is 0 Å². The molecule has 0 spiro atoms. The minimum atomic E-state index is -1.61. The van der Waals surface area contributed by atoms with Crippen LogP contribution in [0.2, 0.25) is 26.2 Å². The van der Waals surface area contributed by atoms with Gasteiger partial charge in [-0.2, -0.15) is 5.26 Å². The topological polar surface area (TPSA) is 27.0 Å². The van der Waals surface area contributed by atoms with E-state index in [9.17, 15) is 0 Å². The third kappa shape index (κ3) is 2.17. The van der Waals surface area contributed by atoms with E-state index in [2.05, 4.69) is 73.9 Å². The second kappa shape index (κ2) is 4.66. The summed E-state index contributed by atoms with van der Waals surface area (Å²) in [6.45, 7) is 11.8. The van der Waals surface area contributed by atoms with Crippen LogP contribution in [0.3, 0.4) is 0 Å². The summed E-state index contributed by atoms with van der Waals surface area (Å²) in [5.41, 5.74) is 1.18. The van der Waals surface area contributed by atoms with Gasteiger partial charge in [0.25, 0.3) is 0 Å². The largest absolute Gasteiger partial charge is 0.424 e. The molecule has 0 atom stereocenters. The van der Waals surface area contributed by atoms with Gasteiger partial charge in [-0.05, 0) is 55.3 Å². The summed E-state index contributed by atoms with van der Waals surface area (Å²) < 4.78 is 2.66. The monoisotopic (exact) mass is 286 g/mol. The SMILES string of the molecule is C/C(=C/N1[Si](C)(C)c2ccccc2[Si]1(C)C)CC#N. The van der Waals surface area contributed by atoms with Crippen molar-refractivity contribution in [3.05, 3.63) is 36.0 Å². The predicted octanol–water partition coefficient (Wildman–Crippen LogP) is 2.64. The van der Waals surface area contributed by atoms with Crippen molar-refractivity contribution in [2.24, 2.45) is 0 Å². The van der Waals surface area contributed by atoms with Gasteiger partial charge in [-0.25, -0.2) is 0 Å². The first-order valence-corrected chi connectivity index (χ1v) is 12.6. The molecule has 0 N–H and O–H groups in total. The molecular weight excluding hydrogens is 264 g/mol. The summed E-state index contributed by atoms with van der Waals surface area (Å²) in [5, 5.41) is 12.0. The molecule has 0 amide bonds. The summed E-state index contributed by atoms with van der Waals surface area (Å²) >= 11 is 0. The Bertz CT molecular complexity index is 533. The Kier molecular flexibility index (Phi) is 3.46. The molecule has 2 nitrogen and oxygen atoms in total. The molecule has 1 aromatic rings. The van der Waals surface area contributed by atoms with E-state index < -0.39 is 16.5 Å². The number of fused-ring (bicyclic) bond motifs is 1. The molecule has 1 heterocycles. The van der Waals surface area contributed by atoms with Crippen LogP contribution < -0.4 is 10.4 Å². The first-order chi connectivity index (χ1) is 8.81. The Morgan fingerprint density at radius 3 is 2.05 bits per heavy atom. The summed E-state index contributed by atoms with van der Waals surface area (Å²) in [4.78, 5) is 0. The molecule has 2 rings (SSSR count). The molecule has 100 valence electrons. The van der Waals surface area contributed by atoms with Crippen molar-refractivity contribution in [1.82, 2.24) is 4.23 Å². The molecule has 1 aliphatic rings. The summed E-state index contributed by atoms with van der Waals surface area (Å²) in [6.07, 6.45) is 2.81. The van der Waals surface area contributed by atoms with Crippen LogP contribution in [0.5, 0.6) is 0 Å². The molecule has 4 heteroatoms. The van der Waals surface area contributed by atoms with E-state index in [0.717, 1.165) is 0 Å². The van der Waals surface area contributed by atoms with Crippen molar-refractivity contribution in [2.75, 3.05) is 0 Å². The van der Waals surface area contributed by atoms with Crippen molar-refractivity contribution in [3.8, 4) is 6.07 Å². The van der Waals surface area contributed by atoms with Gasteiger partial charge in [0.15, 0.2) is 16.5 Å². The van der Waals surface area contributed by atoms with Gasteiger partial charge in [0.2, 0.25) is 0 Å². The molecule has 0 aliphatic carbocycles. The highest BCUT2D eigenvalue weighted by Crippen LogP contribution is 2.27. The molecule has 0 saturated carbocycles. The number of allylic oxidation sites excluding steroid dienone is 1. The molecule has 0 fully saturated rings. The van der Waals surface area contributed by atoms with Gasteiger partial charge >= 0.3 is 0 Å². The summed E-state index contributed by atoms with van der Waals surface area (Å²) in [7, 11) is -3.22. The van der Waals surface area contributed by atoms with Crippen LogP contribution in [-0.4, -0.2) is 20.7 Å². The number of benzene rings is 1. The predicted molar refractivity (Wildman–Crippen MR) is 86.5 cm³/mol. The Hall–Kier alpha value is -1.32. The van der Waals surface area contributed by atoms with Gasteiger partial charge < -0.3 is 4.23 Å². The van der Waals surface area contributed by atoms with Crippen LogP contribution in [0.1, 0.15) is 13.3 Å². The third-order valence-corrected chi connectivity index (χ3v) is 13.9. The smallest absolute Gasteiger partial charge is 0.173 e. The Balaban J connectivity index is 2.54. The Morgan fingerprint density at radius 1 is 1.16 bits per heavy atom. The van der Waals surface area contributed by atoms with E-state index >= 15 is 0 Å². The van der Waals surface area contributed by atoms with E-state index in [-0.39, 0.29) is 0 Å². The van der Waals surface area contributed by atoms with Gasteiger partial charge in [-0.15, -0.1) is 0 Å². The fourth-order valence-electron chi connectivity index (χ4n) is 3.22. The average molecular weight is 287 g/mol. The van der Waals surface area contributed by atoms with E-state index in [1.165, 1.54) is 5.57 Å². The van der Waals surface area contributed by atoms with E-state index in [1.807, 2.05) is 0 Å². The lowest BCUT2D eigenvalue weighted by atomic mass is 10.2. The molecular formula is C15H22N2Si2. The zero-order valence-corrected chi connectivity index (χ0v) is 14.5. The normalized spacial score (nSPS) is 20.0. The van der Waals surface area contributed by atoms with Gasteiger partial charge in [0.05, 0.1) is 12.5 Å². The van der Waals surface area contributed by atoms with Crippen molar-refractivity contribution in [2.45, 2.75) is 39.5 Å². The maximum Gasteiger partial charge on any atom is 0.173 e. The summed E-state index contributed by atoms with van der Waals surface area (Å²) in [6, 6.07) is 11.2. The fraction of sp³-hybridized carbons (Fsp3) is 0.400. The maximum absolute atomic E-state index is 8.86. The maximum atomic E-state index is 8.86. The quantitative estimate of drug-likeness (QED) is 0.782. The highest BCUT2D eigenvalue weighted by molar-refractivity contribution is 7.10. The van der Waals surface area contributed by atoms with Crippen LogP contribution in [0, 0.1) is 11.3 Å². The Morgan fingerprint density at radius 2 is 1.63 bits per heavy atom. The number of hydrogen-bond donors (Lipinski definition) is 0. The standard InChI is InChI=1S/C15H22N2Si2/c1-13(10-11-16)12-17-18(2,3)14-8-6-7-9-15(14)19(17,4)5/h6-9,12H,10H2,1-5H3/b13-12-. The summed E-state index contributed by atoms with van der Waals surface area (Å²) in [5.74, 6) is 0. The molecule has 0 saturated heterocycles. The van der Waals surface area contributed by atoms with Crippen LogP contribution in [-0.2, 0) is 0 Å². The molecule has 0 bridgehead atoms. The minimum Gasteiger partial charge on any atom is -0.424 e. The minimum absolute atomic E-state index is 0.530. The second-order valence-electron chi connectivity index (χ2n) is 6.34. The molecule has 0 radical (unpaired) electrons.